The first-order valence-corrected chi connectivity index (χ1v) is 15.9. The van der Waals surface area contributed by atoms with Crippen molar-refractivity contribution in [3.05, 3.63) is 208 Å². The predicted octanol–water partition coefficient (Wildman–Crippen LogP) is 7.53. The quantitative estimate of drug-likeness (QED) is 0.0830. The largest absolute Gasteiger partial charge is 0.482 e. The SMILES string of the molecule is O=C(O)COc1ccc(C(=O)c2ccccc2)cc1.O=C(OC(=O)c1ccccc1C(=O)c1ccccc1)c1ccc(C(=O)c2ccccc2)cc1. The second-order valence-corrected chi connectivity index (χ2v) is 11.1. The molecule has 0 saturated carbocycles. The molecule has 0 radical (unpaired) electrons. The average Bonchev–Trinajstić information content (AvgIpc) is 3.20. The van der Waals surface area contributed by atoms with Crippen LogP contribution in [0.15, 0.2) is 164 Å². The number of ketones is 3. The Balaban J connectivity index is 0.000000233. The lowest BCUT2D eigenvalue weighted by Gasteiger charge is -2.08. The molecule has 256 valence electrons. The Morgan fingerprint density at radius 2 is 0.750 bits per heavy atom. The molecule has 0 aromatic heterocycles. The molecule has 0 amide bonds. The van der Waals surface area contributed by atoms with E-state index in [2.05, 4.69) is 0 Å². The van der Waals surface area contributed by atoms with Crippen molar-refractivity contribution in [1.82, 2.24) is 0 Å². The second kappa shape index (κ2) is 17.4. The van der Waals surface area contributed by atoms with Gasteiger partial charge in [0.1, 0.15) is 5.75 Å². The molecular formula is C43H30O9. The van der Waals surface area contributed by atoms with Gasteiger partial charge in [-0.3, -0.25) is 14.4 Å². The monoisotopic (exact) mass is 690 g/mol. The molecule has 9 heteroatoms. The average molecular weight is 691 g/mol. The molecule has 0 spiro atoms. The van der Waals surface area contributed by atoms with Crippen molar-refractivity contribution in [2.75, 3.05) is 6.61 Å². The maximum absolute atomic E-state index is 12.8. The van der Waals surface area contributed by atoms with Crippen LogP contribution < -0.4 is 4.74 Å². The van der Waals surface area contributed by atoms with Crippen LogP contribution in [-0.2, 0) is 9.53 Å². The Morgan fingerprint density at radius 3 is 1.21 bits per heavy atom. The maximum Gasteiger partial charge on any atom is 0.346 e. The number of esters is 2. The van der Waals surface area contributed by atoms with E-state index in [1.54, 1.807) is 115 Å². The van der Waals surface area contributed by atoms with Crippen LogP contribution in [0, 0.1) is 0 Å². The Kier molecular flexibility index (Phi) is 12.1. The minimum atomic E-state index is -1.04. The van der Waals surface area contributed by atoms with Gasteiger partial charge in [0.15, 0.2) is 24.0 Å². The molecule has 0 bridgehead atoms. The Hall–Kier alpha value is -7.26. The normalized spacial score (nSPS) is 10.2. The summed E-state index contributed by atoms with van der Waals surface area (Å²) in [6.07, 6.45) is 0. The number of rotatable bonds is 11. The lowest BCUT2D eigenvalue weighted by molar-refractivity contribution is -0.139. The fourth-order valence-electron chi connectivity index (χ4n) is 4.92. The third kappa shape index (κ3) is 9.46. The summed E-state index contributed by atoms with van der Waals surface area (Å²) in [4.78, 5) is 73.0. The van der Waals surface area contributed by atoms with E-state index in [9.17, 15) is 28.8 Å². The molecule has 0 aliphatic rings. The molecule has 1 N–H and O–H groups in total. The fraction of sp³-hybridized carbons (Fsp3) is 0.0233. The van der Waals surface area contributed by atoms with Crippen LogP contribution >= 0.6 is 0 Å². The molecule has 0 aliphatic heterocycles. The molecule has 0 aliphatic carbocycles. The molecule has 52 heavy (non-hydrogen) atoms. The topological polar surface area (TPSA) is 141 Å². The summed E-state index contributed by atoms with van der Waals surface area (Å²) in [6, 6.07) is 44.7. The molecule has 6 rings (SSSR count). The number of hydrogen-bond acceptors (Lipinski definition) is 8. The van der Waals surface area contributed by atoms with Gasteiger partial charge in [0.2, 0.25) is 0 Å². The first kappa shape index (κ1) is 36.0. The van der Waals surface area contributed by atoms with Gasteiger partial charge in [0.25, 0.3) is 0 Å². The molecule has 9 nitrogen and oxygen atoms in total. The lowest BCUT2D eigenvalue weighted by Crippen LogP contribution is -2.16. The van der Waals surface area contributed by atoms with Crippen LogP contribution in [0.1, 0.15) is 68.5 Å². The minimum Gasteiger partial charge on any atom is -0.482 e. The molecule has 0 heterocycles. The zero-order valence-electron chi connectivity index (χ0n) is 27.5. The fourth-order valence-corrected chi connectivity index (χ4v) is 4.92. The summed E-state index contributed by atoms with van der Waals surface area (Å²) in [7, 11) is 0. The zero-order valence-corrected chi connectivity index (χ0v) is 27.5. The van der Waals surface area contributed by atoms with E-state index in [-0.39, 0.29) is 34.0 Å². The Bertz CT molecular complexity index is 2190. The number of carboxylic acid groups (broad SMARTS) is 1. The van der Waals surface area contributed by atoms with Crippen LogP contribution in [0.2, 0.25) is 0 Å². The van der Waals surface area contributed by atoms with Crippen LogP contribution in [0.5, 0.6) is 5.75 Å². The number of ether oxygens (including phenoxy) is 2. The van der Waals surface area contributed by atoms with Crippen molar-refractivity contribution in [2.24, 2.45) is 0 Å². The third-order valence-corrected chi connectivity index (χ3v) is 7.55. The van der Waals surface area contributed by atoms with Crippen LogP contribution in [-0.4, -0.2) is 47.0 Å². The highest BCUT2D eigenvalue weighted by Crippen LogP contribution is 2.18. The molecule has 6 aromatic carbocycles. The van der Waals surface area contributed by atoms with Crippen LogP contribution in [0.25, 0.3) is 0 Å². The number of benzene rings is 6. The first-order valence-electron chi connectivity index (χ1n) is 15.9. The van der Waals surface area contributed by atoms with Gasteiger partial charge in [-0.15, -0.1) is 0 Å². The highest BCUT2D eigenvalue weighted by Gasteiger charge is 2.22. The van der Waals surface area contributed by atoms with Crippen LogP contribution in [0.3, 0.4) is 0 Å². The van der Waals surface area contributed by atoms with Crippen molar-refractivity contribution in [2.45, 2.75) is 0 Å². The lowest BCUT2D eigenvalue weighted by atomic mass is 9.98. The minimum absolute atomic E-state index is 0.00409. The van der Waals surface area contributed by atoms with Crippen LogP contribution in [0.4, 0.5) is 0 Å². The van der Waals surface area contributed by atoms with E-state index in [4.69, 9.17) is 14.6 Å². The van der Waals surface area contributed by atoms with E-state index >= 15 is 0 Å². The molecule has 0 fully saturated rings. The summed E-state index contributed by atoms with van der Waals surface area (Å²) in [5.41, 5.74) is 2.75. The van der Waals surface area contributed by atoms with Gasteiger partial charge < -0.3 is 14.6 Å². The maximum atomic E-state index is 12.8. The van der Waals surface area contributed by atoms with E-state index in [0.717, 1.165) is 0 Å². The summed E-state index contributed by atoms with van der Waals surface area (Å²) in [6.45, 7) is -0.397. The summed E-state index contributed by atoms with van der Waals surface area (Å²) in [5.74, 6) is -3.02. The predicted molar refractivity (Wildman–Crippen MR) is 192 cm³/mol. The summed E-state index contributed by atoms with van der Waals surface area (Å²) < 4.78 is 10.0. The number of aliphatic carboxylic acids is 1. The van der Waals surface area contributed by atoms with E-state index in [1.807, 2.05) is 12.1 Å². The molecular weight excluding hydrogens is 660 g/mol. The van der Waals surface area contributed by atoms with Gasteiger partial charge in [-0.1, -0.05) is 121 Å². The number of carbonyl (C=O) groups is 6. The van der Waals surface area contributed by atoms with Gasteiger partial charge in [-0.2, -0.15) is 0 Å². The van der Waals surface area contributed by atoms with Gasteiger partial charge in [-0.25, -0.2) is 14.4 Å². The highest BCUT2D eigenvalue weighted by molar-refractivity contribution is 6.16. The van der Waals surface area contributed by atoms with Crippen molar-refractivity contribution in [3.8, 4) is 5.75 Å². The molecule has 6 aromatic rings. The summed E-state index contributed by atoms with van der Waals surface area (Å²) in [5, 5.41) is 8.49. The van der Waals surface area contributed by atoms with Gasteiger partial charge >= 0.3 is 17.9 Å². The van der Waals surface area contributed by atoms with Crippen molar-refractivity contribution < 1.29 is 43.3 Å². The number of hydrogen-bond donors (Lipinski definition) is 1. The zero-order chi connectivity index (χ0) is 36.9. The Labute approximate surface area is 298 Å². The Morgan fingerprint density at radius 1 is 0.385 bits per heavy atom. The highest BCUT2D eigenvalue weighted by atomic mass is 16.6. The van der Waals surface area contributed by atoms with Crippen molar-refractivity contribution in [1.29, 1.82) is 0 Å². The van der Waals surface area contributed by atoms with Gasteiger partial charge in [-0.05, 0) is 42.5 Å². The smallest absolute Gasteiger partial charge is 0.346 e. The van der Waals surface area contributed by atoms with Gasteiger partial charge in [0, 0.05) is 33.4 Å². The summed E-state index contributed by atoms with van der Waals surface area (Å²) >= 11 is 0. The van der Waals surface area contributed by atoms with Crippen molar-refractivity contribution in [3.63, 3.8) is 0 Å². The molecule has 0 unspecified atom stereocenters. The first-order chi connectivity index (χ1) is 25.2. The standard InChI is InChI=1S/C28H18O5.C15H12O4/c29-25(19-9-3-1-4-10-19)21-15-17-22(18-16-21)27(31)33-28(32)24-14-8-7-13-23(24)26(30)20-11-5-2-6-12-20;16-14(17)10-19-13-8-6-12(7-9-13)15(18)11-4-2-1-3-5-11/h1-18H;1-9H,10H2,(H,16,17). The van der Waals surface area contributed by atoms with E-state index in [0.29, 0.717) is 33.6 Å². The third-order valence-electron chi connectivity index (χ3n) is 7.55. The van der Waals surface area contributed by atoms with E-state index < -0.39 is 24.5 Å². The second-order valence-electron chi connectivity index (χ2n) is 11.1. The molecule has 0 atom stereocenters. The van der Waals surface area contributed by atoms with Gasteiger partial charge in [0.05, 0.1) is 11.1 Å². The van der Waals surface area contributed by atoms with Crippen molar-refractivity contribution >= 4 is 35.3 Å². The van der Waals surface area contributed by atoms with E-state index in [1.165, 1.54) is 36.4 Å². The molecule has 0 saturated heterocycles. The number of carboxylic acids is 1. The number of carbonyl (C=O) groups excluding carboxylic acids is 5.